The second-order valence-electron chi connectivity index (χ2n) is 7.96. The minimum Gasteiger partial charge on any atom is -0.375 e. The summed E-state index contributed by atoms with van der Waals surface area (Å²) in [4.78, 5) is 4.46. The van der Waals surface area contributed by atoms with Crippen molar-refractivity contribution in [1.82, 2.24) is 29.7 Å². The van der Waals surface area contributed by atoms with E-state index in [9.17, 15) is 5.26 Å². The highest BCUT2D eigenvalue weighted by molar-refractivity contribution is 5.83. The van der Waals surface area contributed by atoms with Crippen LogP contribution in [0.15, 0.2) is 49.1 Å². The Morgan fingerprint density at radius 2 is 2.19 bits per heavy atom. The first-order valence-electron chi connectivity index (χ1n) is 10.5. The van der Waals surface area contributed by atoms with E-state index in [1.807, 2.05) is 30.6 Å². The van der Waals surface area contributed by atoms with E-state index in [1.165, 1.54) is 0 Å². The molecule has 4 aromatic rings. The van der Waals surface area contributed by atoms with Crippen LogP contribution in [0.5, 0.6) is 0 Å². The molecule has 5 rings (SSSR count). The standard InChI is InChI=1S/C23H24N8/c1-15(21-5-3-4-7-26-21)29-22-9-17(14-30-23(22)18(10-24)11-27-30)20-13-28-31(16(20)2)19-6-8-25-12-19/h3-5,7,9,11,13-15,19,25,29H,6,8,12H2,1-2H3/t15-,19-/m1/s1. The van der Waals surface area contributed by atoms with Gasteiger partial charge in [0.25, 0.3) is 0 Å². The van der Waals surface area contributed by atoms with E-state index in [4.69, 9.17) is 0 Å². The molecule has 4 aromatic heterocycles. The van der Waals surface area contributed by atoms with Crippen molar-refractivity contribution in [3.05, 3.63) is 66.0 Å². The van der Waals surface area contributed by atoms with E-state index in [2.05, 4.69) is 56.5 Å². The van der Waals surface area contributed by atoms with Crippen LogP contribution < -0.4 is 10.6 Å². The second-order valence-corrected chi connectivity index (χ2v) is 7.96. The van der Waals surface area contributed by atoms with E-state index in [0.717, 1.165) is 53.2 Å². The molecule has 8 nitrogen and oxygen atoms in total. The second kappa shape index (κ2) is 7.85. The van der Waals surface area contributed by atoms with Crippen molar-refractivity contribution < 1.29 is 0 Å². The van der Waals surface area contributed by atoms with Gasteiger partial charge in [-0.3, -0.25) is 9.67 Å². The maximum Gasteiger partial charge on any atom is 0.107 e. The van der Waals surface area contributed by atoms with Crippen molar-refractivity contribution in [3.8, 4) is 17.2 Å². The lowest BCUT2D eigenvalue weighted by molar-refractivity contribution is 0.480. The van der Waals surface area contributed by atoms with Crippen LogP contribution in [0, 0.1) is 18.3 Å². The third-order valence-electron chi connectivity index (χ3n) is 5.97. The minimum atomic E-state index is -0.0323. The van der Waals surface area contributed by atoms with Gasteiger partial charge in [-0.2, -0.15) is 15.5 Å². The fourth-order valence-electron chi connectivity index (χ4n) is 4.32. The highest BCUT2D eigenvalue weighted by Crippen LogP contribution is 2.33. The Kier molecular flexibility index (Phi) is 4.88. The molecule has 8 heteroatoms. The van der Waals surface area contributed by atoms with Gasteiger partial charge in [-0.05, 0) is 45.0 Å². The monoisotopic (exact) mass is 412 g/mol. The maximum atomic E-state index is 9.59. The quantitative estimate of drug-likeness (QED) is 0.521. The highest BCUT2D eigenvalue weighted by atomic mass is 15.3. The third-order valence-corrected chi connectivity index (χ3v) is 5.97. The number of anilines is 1. The van der Waals surface area contributed by atoms with Crippen LogP contribution in [0.2, 0.25) is 0 Å². The molecule has 5 heterocycles. The summed E-state index contributed by atoms with van der Waals surface area (Å²) < 4.78 is 3.89. The lowest BCUT2D eigenvalue weighted by atomic mass is 10.1. The van der Waals surface area contributed by atoms with E-state index < -0.39 is 0 Å². The lowest BCUT2D eigenvalue weighted by Crippen LogP contribution is -2.15. The molecule has 156 valence electrons. The first-order chi connectivity index (χ1) is 15.2. The zero-order valence-corrected chi connectivity index (χ0v) is 17.6. The van der Waals surface area contributed by atoms with Crippen molar-refractivity contribution in [2.75, 3.05) is 18.4 Å². The van der Waals surface area contributed by atoms with Crippen LogP contribution in [0.1, 0.15) is 42.4 Å². The molecular weight excluding hydrogens is 388 g/mol. The Balaban J connectivity index is 1.59. The summed E-state index contributed by atoms with van der Waals surface area (Å²) in [6.45, 7) is 6.14. The summed E-state index contributed by atoms with van der Waals surface area (Å²) in [7, 11) is 0. The Morgan fingerprint density at radius 1 is 1.29 bits per heavy atom. The largest absolute Gasteiger partial charge is 0.375 e. The van der Waals surface area contributed by atoms with Crippen LogP contribution in [0.4, 0.5) is 5.69 Å². The molecule has 0 spiro atoms. The maximum absolute atomic E-state index is 9.59. The van der Waals surface area contributed by atoms with Gasteiger partial charge in [-0.15, -0.1) is 0 Å². The average molecular weight is 413 g/mol. The zero-order chi connectivity index (χ0) is 21.4. The van der Waals surface area contributed by atoms with Gasteiger partial charge in [-0.25, -0.2) is 4.52 Å². The van der Waals surface area contributed by atoms with Gasteiger partial charge < -0.3 is 10.6 Å². The van der Waals surface area contributed by atoms with Gasteiger partial charge in [-0.1, -0.05) is 6.07 Å². The fraction of sp³-hybridized carbons (Fsp3) is 0.304. The van der Waals surface area contributed by atoms with Crippen molar-refractivity contribution >= 4 is 11.2 Å². The summed E-state index contributed by atoms with van der Waals surface area (Å²) in [6.07, 6.45) is 8.37. The average Bonchev–Trinajstić information content (AvgIpc) is 3.53. The van der Waals surface area contributed by atoms with Crippen LogP contribution >= 0.6 is 0 Å². The summed E-state index contributed by atoms with van der Waals surface area (Å²) in [5, 5.41) is 25.6. The van der Waals surface area contributed by atoms with Gasteiger partial charge in [0.05, 0.1) is 41.4 Å². The molecule has 1 saturated heterocycles. The van der Waals surface area contributed by atoms with Crippen LogP contribution in [0.3, 0.4) is 0 Å². The van der Waals surface area contributed by atoms with Crippen molar-refractivity contribution in [2.24, 2.45) is 0 Å². The van der Waals surface area contributed by atoms with Gasteiger partial charge in [0.1, 0.15) is 11.6 Å². The zero-order valence-electron chi connectivity index (χ0n) is 17.6. The molecule has 0 saturated carbocycles. The van der Waals surface area contributed by atoms with E-state index in [1.54, 1.807) is 16.9 Å². The molecule has 0 aromatic carbocycles. The Hall–Kier alpha value is -3.70. The molecule has 2 atom stereocenters. The number of nitriles is 1. The van der Waals surface area contributed by atoms with Crippen LogP contribution in [-0.4, -0.2) is 37.5 Å². The first-order valence-corrected chi connectivity index (χ1v) is 10.5. The number of aromatic nitrogens is 5. The van der Waals surface area contributed by atoms with E-state index >= 15 is 0 Å². The molecule has 0 unspecified atom stereocenters. The Bertz CT molecular complexity index is 1260. The molecule has 0 radical (unpaired) electrons. The number of rotatable bonds is 5. The van der Waals surface area contributed by atoms with Crippen molar-refractivity contribution in [1.29, 1.82) is 5.26 Å². The van der Waals surface area contributed by atoms with E-state index in [0.29, 0.717) is 11.6 Å². The van der Waals surface area contributed by atoms with Gasteiger partial charge in [0.15, 0.2) is 0 Å². The molecule has 2 N–H and O–H groups in total. The van der Waals surface area contributed by atoms with Gasteiger partial charge >= 0.3 is 0 Å². The number of pyridine rings is 2. The first kappa shape index (κ1) is 19.3. The van der Waals surface area contributed by atoms with Crippen LogP contribution in [0.25, 0.3) is 16.6 Å². The summed E-state index contributed by atoms with van der Waals surface area (Å²) in [5.41, 5.74) is 6.28. The van der Waals surface area contributed by atoms with Crippen molar-refractivity contribution in [2.45, 2.75) is 32.4 Å². The van der Waals surface area contributed by atoms with Gasteiger partial charge in [0.2, 0.25) is 0 Å². The fourth-order valence-corrected chi connectivity index (χ4v) is 4.32. The summed E-state index contributed by atoms with van der Waals surface area (Å²) >= 11 is 0. The number of nitrogens with zero attached hydrogens (tertiary/aromatic N) is 6. The normalized spacial score (nSPS) is 17.0. The summed E-state index contributed by atoms with van der Waals surface area (Å²) in [6, 6.07) is 10.6. The minimum absolute atomic E-state index is 0.0323. The number of hydrogen-bond donors (Lipinski definition) is 2. The van der Waals surface area contributed by atoms with Crippen molar-refractivity contribution in [3.63, 3.8) is 0 Å². The highest BCUT2D eigenvalue weighted by Gasteiger charge is 2.22. The lowest BCUT2D eigenvalue weighted by Gasteiger charge is -2.17. The number of hydrogen-bond acceptors (Lipinski definition) is 6. The molecule has 31 heavy (non-hydrogen) atoms. The molecule has 1 aliphatic rings. The number of nitrogens with one attached hydrogen (secondary N) is 2. The predicted molar refractivity (Wildman–Crippen MR) is 119 cm³/mol. The van der Waals surface area contributed by atoms with Gasteiger partial charge in [0, 0.05) is 35.8 Å². The Labute approximate surface area is 180 Å². The molecule has 0 aliphatic carbocycles. The SMILES string of the molecule is Cc1c(-c2cc(N[C@H](C)c3ccccn3)c3c(C#N)cnn3c2)cnn1[C@@H]1CCNC1. The molecule has 1 aliphatic heterocycles. The summed E-state index contributed by atoms with van der Waals surface area (Å²) in [5.74, 6) is 0. The molecule has 1 fully saturated rings. The topological polar surface area (TPSA) is 95.9 Å². The third kappa shape index (κ3) is 3.43. The van der Waals surface area contributed by atoms with Crippen LogP contribution in [-0.2, 0) is 0 Å². The predicted octanol–water partition coefficient (Wildman–Crippen LogP) is 3.48. The molecule has 0 amide bonds. The molecule has 0 bridgehead atoms. The van der Waals surface area contributed by atoms with E-state index in [-0.39, 0.29) is 6.04 Å². The molecular formula is C23H24N8. The smallest absolute Gasteiger partial charge is 0.107 e. The number of fused-ring (bicyclic) bond motifs is 1. The Morgan fingerprint density at radius 3 is 2.94 bits per heavy atom.